The molecule has 1 saturated carbocycles. The van der Waals surface area contributed by atoms with Crippen molar-refractivity contribution in [2.75, 3.05) is 34.5 Å². The predicted octanol–water partition coefficient (Wildman–Crippen LogP) is 1.69. The number of methoxy groups -OCH3 is 3. The van der Waals surface area contributed by atoms with E-state index in [-0.39, 0.29) is 36.4 Å². The van der Waals surface area contributed by atoms with E-state index in [2.05, 4.69) is 9.98 Å². The fraction of sp³-hybridized carbons (Fsp3) is 0.423. The molecule has 2 fully saturated rings. The fourth-order valence-electron chi connectivity index (χ4n) is 6.36. The average molecular weight is 507 g/mol. The van der Waals surface area contributed by atoms with E-state index in [1.165, 1.54) is 27.4 Å². The smallest absolute Gasteiger partial charge is 0.293 e. The van der Waals surface area contributed by atoms with Gasteiger partial charge in [-0.3, -0.25) is 24.2 Å². The van der Waals surface area contributed by atoms with Crippen LogP contribution in [0.15, 0.2) is 28.9 Å². The van der Waals surface area contributed by atoms with Crippen molar-refractivity contribution in [2.45, 2.75) is 18.9 Å². The molecule has 1 aromatic carbocycles. The van der Waals surface area contributed by atoms with Crippen molar-refractivity contribution >= 4 is 40.6 Å². The van der Waals surface area contributed by atoms with E-state index in [0.717, 1.165) is 0 Å². The van der Waals surface area contributed by atoms with Crippen LogP contribution in [0.4, 0.5) is 0 Å². The molecule has 11 heteroatoms. The van der Waals surface area contributed by atoms with Gasteiger partial charge in [0.2, 0.25) is 11.5 Å². The summed E-state index contributed by atoms with van der Waals surface area (Å²) in [5.41, 5.74) is -0.347. The number of Topliss-reactive ketones (excluding diaryl/α,β-unsaturated/α-hetero) is 1. The molecule has 3 heterocycles. The minimum atomic E-state index is -1.31. The molecular formula is C26H25N3O8. The number of rotatable bonds is 7. The summed E-state index contributed by atoms with van der Waals surface area (Å²) in [6.07, 6.45) is 2.12. The van der Waals surface area contributed by atoms with E-state index < -0.39 is 22.7 Å². The molecule has 11 nitrogen and oxygen atoms in total. The third-order valence-corrected chi connectivity index (χ3v) is 8.12. The van der Waals surface area contributed by atoms with Gasteiger partial charge in [-0.25, -0.2) is 0 Å². The molecular weight excluding hydrogens is 482 g/mol. The Labute approximate surface area is 211 Å². The molecule has 4 atom stereocenters. The molecule has 4 aliphatic rings. The quantitative estimate of drug-likeness (QED) is 0.559. The monoisotopic (exact) mass is 507 g/mol. The molecule has 1 aromatic heterocycles. The number of fused-ring (bicyclic) bond motifs is 2. The van der Waals surface area contributed by atoms with Crippen molar-refractivity contribution in [1.29, 1.82) is 0 Å². The normalized spacial score (nSPS) is 29.2. The molecule has 2 aliphatic carbocycles. The summed E-state index contributed by atoms with van der Waals surface area (Å²) >= 11 is 0. The van der Waals surface area contributed by atoms with Gasteiger partial charge in [-0.15, -0.1) is 0 Å². The number of aromatic amines is 1. The molecule has 0 bridgehead atoms. The van der Waals surface area contributed by atoms with Gasteiger partial charge < -0.3 is 28.8 Å². The number of ketones is 2. The van der Waals surface area contributed by atoms with Crippen LogP contribution in [0.1, 0.15) is 23.8 Å². The molecule has 1 amide bonds. The van der Waals surface area contributed by atoms with Gasteiger partial charge in [0.15, 0.2) is 22.8 Å². The van der Waals surface area contributed by atoms with E-state index in [1.54, 1.807) is 24.0 Å². The molecule has 2 aliphatic heterocycles. The Morgan fingerprint density at radius 1 is 1.19 bits per heavy atom. The zero-order valence-electron chi connectivity index (χ0n) is 20.7. The summed E-state index contributed by atoms with van der Waals surface area (Å²) in [7, 11) is 4.52. The first-order valence-corrected chi connectivity index (χ1v) is 11.8. The lowest BCUT2D eigenvalue weighted by molar-refractivity contribution is -0.134. The number of H-pyrrole nitrogens is 1. The van der Waals surface area contributed by atoms with E-state index in [4.69, 9.17) is 18.9 Å². The highest BCUT2D eigenvalue weighted by Gasteiger charge is 2.74. The molecule has 1 saturated heterocycles. The first-order chi connectivity index (χ1) is 17.7. The van der Waals surface area contributed by atoms with Crippen LogP contribution < -0.4 is 14.2 Å². The van der Waals surface area contributed by atoms with Crippen molar-refractivity contribution in [3.63, 3.8) is 0 Å². The van der Waals surface area contributed by atoms with Gasteiger partial charge in [0.1, 0.15) is 12.3 Å². The third kappa shape index (κ3) is 2.90. The number of benzene rings is 1. The Kier molecular flexibility index (Phi) is 4.82. The van der Waals surface area contributed by atoms with Crippen molar-refractivity contribution < 1.29 is 38.1 Å². The number of carbonyl (C=O) groups excluding carboxylic acids is 4. The minimum absolute atomic E-state index is 0.0309. The van der Waals surface area contributed by atoms with Crippen molar-refractivity contribution in [1.82, 2.24) is 9.88 Å². The molecule has 192 valence electrons. The number of aliphatic imine (C=N–C) groups is 1. The van der Waals surface area contributed by atoms with Gasteiger partial charge in [0.05, 0.1) is 38.5 Å². The van der Waals surface area contributed by atoms with Crippen LogP contribution in [-0.2, 0) is 19.1 Å². The van der Waals surface area contributed by atoms with E-state index in [9.17, 15) is 19.2 Å². The van der Waals surface area contributed by atoms with Gasteiger partial charge in [0.25, 0.3) is 12.4 Å². The van der Waals surface area contributed by atoms with Gasteiger partial charge in [-0.05, 0) is 31.4 Å². The van der Waals surface area contributed by atoms with Gasteiger partial charge in [0, 0.05) is 29.1 Å². The molecule has 6 rings (SSSR count). The van der Waals surface area contributed by atoms with Crippen LogP contribution in [0.25, 0.3) is 10.9 Å². The number of allylic oxidation sites excluding steroid dienone is 2. The fourth-order valence-corrected chi connectivity index (χ4v) is 6.36. The topological polar surface area (TPSA) is 137 Å². The zero-order valence-corrected chi connectivity index (χ0v) is 20.7. The van der Waals surface area contributed by atoms with Crippen molar-refractivity contribution in [2.24, 2.45) is 22.2 Å². The molecule has 1 N–H and O–H groups in total. The van der Waals surface area contributed by atoms with Crippen LogP contribution in [-0.4, -0.2) is 79.6 Å². The second kappa shape index (κ2) is 7.67. The Bertz CT molecular complexity index is 1470. The first-order valence-electron chi connectivity index (χ1n) is 11.8. The van der Waals surface area contributed by atoms with E-state index >= 15 is 0 Å². The number of likely N-dealkylation sites (tertiary alicyclic amines) is 1. The highest BCUT2D eigenvalue weighted by molar-refractivity contribution is 6.51. The Balaban J connectivity index is 1.37. The second-order valence-corrected chi connectivity index (χ2v) is 10.0. The number of carbonyl (C=O) groups is 4. The number of ether oxygens (including phenoxy) is 4. The lowest BCUT2D eigenvalue weighted by Gasteiger charge is -2.32. The number of amides is 1. The summed E-state index contributed by atoms with van der Waals surface area (Å²) in [6.45, 7) is 1.99. The lowest BCUT2D eigenvalue weighted by Crippen LogP contribution is -2.45. The first kappa shape index (κ1) is 23.3. The second-order valence-electron chi connectivity index (χ2n) is 10.0. The van der Waals surface area contributed by atoms with Gasteiger partial charge >= 0.3 is 0 Å². The summed E-state index contributed by atoms with van der Waals surface area (Å²) in [5.74, 6) is -0.435. The van der Waals surface area contributed by atoms with E-state index in [0.29, 0.717) is 52.5 Å². The zero-order chi connectivity index (χ0) is 26.3. The number of nitrogens with one attached hydrogen (secondary N) is 1. The molecule has 2 aromatic rings. The van der Waals surface area contributed by atoms with Crippen LogP contribution in [0.5, 0.6) is 17.2 Å². The summed E-state index contributed by atoms with van der Waals surface area (Å²) < 4.78 is 21.3. The number of hydrogen-bond acceptors (Lipinski definition) is 9. The summed E-state index contributed by atoms with van der Waals surface area (Å²) in [5, 5.41) is 0.692. The SMILES string of the molecule is COc1cc2cc(C(=O)N3C[C@H]4CC45C3=CC(=O)C3=NC(C)(COC=O)C(=O)C35)[nH]c2c(OC)c1OC. The van der Waals surface area contributed by atoms with Crippen LogP contribution in [0, 0.1) is 17.3 Å². The largest absolute Gasteiger partial charge is 0.493 e. The summed E-state index contributed by atoms with van der Waals surface area (Å²) in [6, 6.07) is 3.45. The molecule has 0 radical (unpaired) electrons. The Hall–Kier alpha value is -4.15. The van der Waals surface area contributed by atoms with Crippen LogP contribution in [0.2, 0.25) is 0 Å². The van der Waals surface area contributed by atoms with Crippen molar-refractivity contribution in [3.05, 3.63) is 29.6 Å². The highest BCUT2D eigenvalue weighted by atomic mass is 16.5. The third-order valence-electron chi connectivity index (χ3n) is 8.12. The standard InChI is InChI=1S/C26H25N3O8/c1-25(10-37-11-30)23(32)18-20(28-25)15(31)7-17-26(18)8-13(26)9-29(17)24(33)14-5-12-6-16(34-2)21(35-3)22(36-4)19(12)27-14/h5-7,11,13,18,27H,8-10H2,1-4H3/t13-,18?,25?,26?/m1/s1. The van der Waals surface area contributed by atoms with Crippen LogP contribution >= 0.6 is 0 Å². The number of hydrogen-bond donors (Lipinski definition) is 1. The molecule has 1 spiro atoms. The number of piperidine rings is 1. The Morgan fingerprint density at radius 3 is 2.62 bits per heavy atom. The van der Waals surface area contributed by atoms with Crippen molar-refractivity contribution in [3.8, 4) is 17.2 Å². The lowest BCUT2D eigenvalue weighted by atomic mass is 9.72. The predicted molar refractivity (Wildman–Crippen MR) is 129 cm³/mol. The maximum Gasteiger partial charge on any atom is 0.293 e. The molecule has 37 heavy (non-hydrogen) atoms. The van der Waals surface area contributed by atoms with Gasteiger partial charge in [-0.2, -0.15) is 0 Å². The van der Waals surface area contributed by atoms with Crippen LogP contribution in [0.3, 0.4) is 0 Å². The highest BCUT2D eigenvalue weighted by Crippen LogP contribution is 2.70. The number of aromatic nitrogens is 1. The Morgan fingerprint density at radius 2 is 1.95 bits per heavy atom. The summed E-state index contributed by atoms with van der Waals surface area (Å²) in [4.78, 5) is 60.2. The maximum atomic E-state index is 13.8. The number of nitrogens with zero attached hydrogens (tertiary/aromatic N) is 2. The van der Waals surface area contributed by atoms with Gasteiger partial charge in [-0.1, -0.05) is 0 Å². The minimum Gasteiger partial charge on any atom is -0.493 e. The average Bonchev–Trinajstić information content (AvgIpc) is 3.14. The maximum absolute atomic E-state index is 13.8. The van der Waals surface area contributed by atoms with E-state index in [1.807, 2.05) is 0 Å². The molecule has 3 unspecified atom stereocenters.